The second-order valence-corrected chi connectivity index (χ2v) is 3.53. The molecule has 1 saturated carbocycles. The van der Waals surface area contributed by atoms with E-state index in [0.29, 0.717) is 5.92 Å². The lowest BCUT2D eigenvalue weighted by Crippen LogP contribution is -2.56. The van der Waals surface area contributed by atoms with Gasteiger partial charge in [-0.3, -0.25) is 4.99 Å². The summed E-state index contributed by atoms with van der Waals surface area (Å²) in [4.78, 5) is 3.81. The van der Waals surface area contributed by atoms with Crippen molar-refractivity contribution < 1.29 is 4.39 Å². The van der Waals surface area contributed by atoms with Crippen LogP contribution < -0.4 is 11.5 Å². The van der Waals surface area contributed by atoms with Crippen molar-refractivity contribution in [3.05, 3.63) is 11.9 Å². The van der Waals surface area contributed by atoms with Gasteiger partial charge < -0.3 is 11.5 Å². The average molecular weight is 169 g/mol. The van der Waals surface area contributed by atoms with Gasteiger partial charge in [0.25, 0.3) is 0 Å². The molecular formula is C8H12FN3. The molecular weight excluding hydrogens is 157 g/mol. The maximum Gasteiger partial charge on any atom is 0.139 e. The molecule has 2 atom stereocenters. The number of hydrogen-bond acceptors (Lipinski definition) is 3. The Kier molecular flexibility index (Phi) is 1.56. The first-order valence-corrected chi connectivity index (χ1v) is 4.09. The van der Waals surface area contributed by atoms with Gasteiger partial charge in [-0.15, -0.1) is 0 Å². The van der Waals surface area contributed by atoms with Crippen LogP contribution in [0.3, 0.4) is 0 Å². The van der Waals surface area contributed by atoms with E-state index in [0.717, 1.165) is 19.1 Å². The normalized spacial score (nSPS) is 41.2. The first-order valence-electron chi connectivity index (χ1n) is 4.09. The zero-order chi connectivity index (χ0) is 8.77. The van der Waals surface area contributed by atoms with Crippen LogP contribution in [-0.2, 0) is 0 Å². The van der Waals surface area contributed by atoms with Crippen molar-refractivity contribution in [2.24, 2.45) is 22.4 Å². The average Bonchev–Trinajstić information content (AvgIpc) is 2.79. The third kappa shape index (κ3) is 1.07. The molecule has 0 aromatic heterocycles. The summed E-state index contributed by atoms with van der Waals surface area (Å²) in [5.74, 6) is -0.0539. The molecule has 3 nitrogen and oxygen atoms in total. The van der Waals surface area contributed by atoms with Crippen molar-refractivity contribution in [1.29, 1.82) is 0 Å². The van der Waals surface area contributed by atoms with Crippen LogP contribution in [0.1, 0.15) is 12.8 Å². The molecule has 0 aromatic rings. The second kappa shape index (κ2) is 2.37. The molecule has 1 aliphatic carbocycles. The Balaban J connectivity index is 2.28. The minimum absolute atomic E-state index is 0.315. The van der Waals surface area contributed by atoms with Gasteiger partial charge in [0.15, 0.2) is 0 Å². The second-order valence-electron chi connectivity index (χ2n) is 3.53. The summed E-state index contributed by atoms with van der Waals surface area (Å²) in [6.07, 6.45) is 4.12. The lowest BCUT2D eigenvalue weighted by Gasteiger charge is -2.31. The fourth-order valence-corrected chi connectivity index (χ4v) is 1.58. The van der Waals surface area contributed by atoms with E-state index in [1.807, 2.05) is 0 Å². The summed E-state index contributed by atoms with van der Waals surface area (Å²) in [5, 5.41) is 0. The fraction of sp³-hybridized carbons (Fsp3) is 0.625. The lowest BCUT2D eigenvalue weighted by molar-refractivity contribution is 0.370. The predicted octanol–water partition coefficient (Wildman–Crippen LogP) is 0.317. The van der Waals surface area contributed by atoms with Gasteiger partial charge in [0.2, 0.25) is 0 Å². The molecule has 0 aromatic carbocycles. The molecule has 0 saturated heterocycles. The predicted molar refractivity (Wildman–Crippen MR) is 45.3 cm³/mol. The third-order valence-electron chi connectivity index (χ3n) is 2.54. The van der Waals surface area contributed by atoms with Crippen LogP contribution in [0.25, 0.3) is 0 Å². The number of nitrogens with two attached hydrogens (primary N) is 2. The molecule has 4 N–H and O–H groups in total. The molecule has 1 aliphatic heterocycles. The minimum atomic E-state index is -0.737. The summed E-state index contributed by atoms with van der Waals surface area (Å²) in [7, 11) is 0. The summed E-state index contributed by atoms with van der Waals surface area (Å²) < 4.78 is 12.8. The Bertz CT molecular complexity index is 257. The number of halogens is 1. The smallest absolute Gasteiger partial charge is 0.139 e. The summed E-state index contributed by atoms with van der Waals surface area (Å²) in [6, 6.07) is 0. The molecule has 12 heavy (non-hydrogen) atoms. The van der Waals surface area contributed by atoms with Crippen molar-refractivity contribution in [3.8, 4) is 0 Å². The fourth-order valence-electron chi connectivity index (χ4n) is 1.58. The summed E-state index contributed by atoms with van der Waals surface area (Å²) in [6.45, 7) is 0. The van der Waals surface area contributed by atoms with E-state index in [1.54, 1.807) is 0 Å². The molecule has 0 amide bonds. The first-order chi connectivity index (χ1) is 5.63. The molecule has 2 rings (SSSR count). The van der Waals surface area contributed by atoms with Crippen LogP contribution in [0, 0.1) is 5.92 Å². The van der Waals surface area contributed by atoms with Gasteiger partial charge in [0, 0.05) is 0 Å². The highest BCUT2D eigenvalue weighted by molar-refractivity contribution is 5.77. The maximum atomic E-state index is 12.8. The highest BCUT2D eigenvalue weighted by atomic mass is 19.1. The van der Waals surface area contributed by atoms with Gasteiger partial charge in [-0.05, 0) is 24.8 Å². The molecule has 1 heterocycles. The Morgan fingerprint density at radius 3 is 2.83 bits per heavy atom. The largest absolute Gasteiger partial charge is 0.319 e. The van der Waals surface area contributed by atoms with Crippen LogP contribution in [-0.4, -0.2) is 17.9 Å². The van der Waals surface area contributed by atoms with Crippen LogP contribution in [0.4, 0.5) is 4.39 Å². The van der Waals surface area contributed by atoms with Crippen molar-refractivity contribution in [1.82, 2.24) is 0 Å². The Morgan fingerprint density at radius 2 is 2.25 bits per heavy atom. The number of nitrogens with zero attached hydrogens (tertiary/aromatic N) is 1. The van der Waals surface area contributed by atoms with E-state index in [1.165, 1.54) is 6.08 Å². The van der Waals surface area contributed by atoms with Crippen LogP contribution in [0.5, 0.6) is 0 Å². The van der Waals surface area contributed by atoms with Crippen molar-refractivity contribution >= 4 is 6.21 Å². The molecule has 0 radical (unpaired) electrons. The van der Waals surface area contributed by atoms with Crippen molar-refractivity contribution in [3.63, 3.8) is 0 Å². The van der Waals surface area contributed by atoms with Crippen molar-refractivity contribution in [2.75, 3.05) is 0 Å². The molecule has 66 valence electrons. The molecule has 4 heteroatoms. The maximum absolute atomic E-state index is 12.8. The molecule has 1 fully saturated rings. The van der Waals surface area contributed by atoms with E-state index >= 15 is 0 Å². The monoisotopic (exact) mass is 169 g/mol. The summed E-state index contributed by atoms with van der Waals surface area (Å²) in [5.41, 5.74) is 10.9. The quantitative estimate of drug-likeness (QED) is 0.593. The molecule has 2 aliphatic rings. The van der Waals surface area contributed by atoms with E-state index < -0.39 is 11.7 Å². The van der Waals surface area contributed by atoms with Gasteiger partial charge in [0.1, 0.15) is 12.0 Å². The topological polar surface area (TPSA) is 64.4 Å². The Hall–Kier alpha value is -0.740. The Morgan fingerprint density at radius 1 is 1.58 bits per heavy atom. The van der Waals surface area contributed by atoms with Crippen LogP contribution in [0.2, 0.25) is 0 Å². The van der Waals surface area contributed by atoms with Crippen molar-refractivity contribution in [2.45, 2.75) is 24.5 Å². The summed E-state index contributed by atoms with van der Waals surface area (Å²) >= 11 is 0. The standard InChI is InChI=1S/C8H12FN3/c9-6-3-8(11,5-1-2-5)7(10)12-4-6/h3-5,7H,1-2,10-11H2. The van der Waals surface area contributed by atoms with Gasteiger partial charge in [-0.2, -0.15) is 0 Å². The highest BCUT2D eigenvalue weighted by Crippen LogP contribution is 2.42. The molecule has 2 unspecified atom stereocenters. The molecule has 0 spiro atoms. The van der Waals surface area contributed by atoms with Crippen LogP contribution >= 0.6 is 0 Å². The number of aliphatic imine (C=N–C) groups is 1. The van der Waals surface area contributed by atoms with E-state index in [9.17, 15) is 4.39 Å². The number of hydrogen-bond donors (Lipinski definition) is 2. The van der Waals surface area contributed by atoms with E-state index in [2.05, 4.69) is 4.99 Å². The van der Waals surface area contributed by atoms with E-state index in [-0.39, 0.29) is 5.83 Å². The minimum Gasteiger partial charge on any atom is -0.319 e. The number of rotatable bonds is 1. The molecule has 0 bridgehead atoms. The number of dihydropyridines is 1. The third-order valence-corrected chi connectivity index (χ3v) is 2.54. The zero-order valence-electron chi connectivity index (χ0n) is 6.70. The number of allylic oxidation sites excluding steroid dienone is 1. The van der Waals surface area contributed by atoms with Gasteiger partial charge in [-0.25, -0.2) is 4.39 Å². The van der Waals surface area contributed by atoms with Crippen LogP contribution in [0.15, 0.2) is 16.9 Å². The van der Waals surface area contributed by atoms with Gasteiger partial charge in [-0.1, -0.05) is 0 Å². The Labute approximate surface area is 70.3 Å². The van der Waals surface area contributed by atoms with Gasteiger partial charge in [0.05, 0.1) is 11.8 Å². The van der Waals surface area contributed by atoms with E-state index in [4.69, 9.17) is 11.5 Å². The van der Waals surface area contributed by atoms with Gasteiger partial charge >= 0.3 is 0 Å². The zero-order valence-corrected chi connectivity index (χ0v) is 6.70. The lowest BCUT2D eigenvalue weighted by atomic mass is 9.89. The first kappa shape index (κ1) is 7.89. The SMILES string of the molecule is NC1N=CC(F)=CC1(N)C1CC1. The highest BCUT2D eigenvalue weighted by Gasteiger charge is 2.46.